The van der Waals surface area contributed by atoms with Crippen molar-refractivity contribution in [3.8, 4) is 0 Å². The Bertz CT molecular complexity index is 533. The van der Waals surface area contributed by atoms with E-state index in [1.807, 2.05) is 18.8 Å². The van der Waals surface area contributed by atoms with Crippen LogP contribution in [0, 0.1) is 11.3 Å². The van der Waals surface area contributed by atoms with Crippen molar-refractivity contribution in [1.82, 2.24) is 15.5 Å². The Morgan fingerprint density at radius 3 is 3.04 bits per heavy atom. The number of thioether (sulfide) groups is 2. The summed E-state index contributed by atoms with van der Waals surface area (Å²) in [5.74, 6) is 2.25. The molecule has 4 nitrogen and oxygen atoms in total. The summed E-state index contributed by atoms with van der Waals surface area (Å²) in [7, 11) is 2.01. The Hall–Kier alpha value is -0.850. The Morgan fingerprint density at radius 2 is 2.30 bits per heavy atom. The summed E-state index contributed by atoms with van der Waals surface area (Å²) < 4.78 is 0. The lowest BCUT2D eigenvalue weighted by molar-refractivity contribution is 0.361. The largest absolute Gasteiger partial charge is 0.369 e. The van der Waals surface area contributed by atoms with Crippen LogP contribution in [0.25, 0.3) is 0 Å². The average Bonchev–Trinajstić information content (AvgIpc) is 3.08. The smallest absolute Gasteiger partial charge is 0.108 e. The SMILES string of the molecule is CNCCN1CCSC2=CC(C)C(NC(=N)C3CC=CS3)C=C21. The van der Waals surface area contributed by atoms with Crippen LogP contribution in [0.15, 0.2) is 34.2 Å². The van der Waals surface area contributed by atoms with E-state index in [4.69, 9.17) is 5.41 Å². The number of hydrogen-bond donors (Lipinski definition) is 3. The average molecular weight is 351 g/mol. The number of hydrogen-bond acceptors (Lipinski definition) is 5. The van der Waals surface area contributed by atoms with Crippen molar-refractivity contribution in [3.63, 3.8) is 0 Å². The molecule has 0 spiro atoms. The third-order valence-corrected chi connectivity index (χ3v) is 6.64. The van der Waals surface area contributed by atoms with Crippen molar-refractivity contribution in [2.24, 2.45) is 5.92 Å². The van der Waals surface area contributed by atoms with Crippen molar-refractivity contribution in [2.75, 3.05) is 32.4 Å². The first-order valence-corrected chi connectivity index (χ1v) is 10.2. The van der Waals surface area contributed by atoms with Crippen LogP contribution >= 0.6 is 23.5 Å². The first-order chi connectivity index (χ1) is 11.2. The van der Waals surface area contributed by atoms with Crippen molar-refractivity contribution < 1.29 is 0 Å². The fourth-order valence-corrected chi connectivity index (χ4v) is 5.12. The van der Waals surface area contributed by atoms with E-state index in [0.717, 1.165) is 31.8 Å². The Kier molecular flexibility index (Phi) is 5.77. The third-order valence-electron chi connectivity index (χ3n) is 4.50. The quantitative estimate of drug-likeness (QED) is 0.526. The van der Waals surface area contributed by atoms with Gasteiger partial charge in [0.25, 0.3) is 0 Å². The van der Waals surface area contributed by atoms with Crippen LogP contribution in [0.1, 0.15) is 13.3 Å². The molecule has 3 aliphatic rings. The summed E-state index contributed by atoms with van der Waals surface area (Å²) in [5, 5.41) is 17.5. The summed E-state index contributed by atoms with van der Waals surface area (Å²) in [4.78, 5) is 3.90. The fourth-order valence-electron chi connectivity index (χ4n) is 3.10. The van der Waals surface area contributed by atoms with Gasteiger partial charge in [-0.2, -0.15) is 0 Å². The lowest BCUT2D eigenvalue weighted by Crippen LogP contribution is -2.44. The molecule has 126 valence electrons. The molecule has 0 saturated carbocycles. The van der Waals surface area contributed by atoms with E-state index in [0.29, 0.717) is 11.8 Å². The van der Waals surface area contributed by atoms with Crippen molar-refractivity contribution in [3.05, 3.63) is 34.2 Å². The number of rotatable bonds is 5. The van der Waals surface area contributed by atoms with Crippen LogP contribution in [0.2, 0.25) is 0 Å². The predicted octanol–water partition coefficient (Wildman–Crippen LogP) is 2.63. The van der Waals surface area contributed by atoms with Gasteiger partial charge in [0.15, 0.2) is 0 Å². The molecule has 3 atom stereocenters. The zero-order chi connectivity index (χ0) is 16.2. The molecule has 0 aromatic heterocycles. The van der Waals surface area contributed by atoms with Gasteiger partial charge in [0.1, 0.15) is 5.84 Å². The van der Waals surface area contributed by atoms with Crippen LogP contribution in [0.5, 0.6) is 0 Å². The van der Waals surface area contributed by atoms with E-state index < -0.39 is 0 Å². The van der Waals surface area contributed by atoms with Gasteiger partial charge in [0, 0.05) is 36.0 Å². The molecule has 6 heteroatoms. The Morgan fingerprint density at radius 1 is 1.43 bits per heavy atom. The molecule has 1 saturated heterocycles. The fraction of sp³-hybridized carbons (Fsp3) is 0.588. The molecule has 0 bridgehead atoms. The Balaban J connectivity index is 1.69. The molecule has 3 unspecified atom stereocenters. The second-order valence-electron chi connectivity index (χ2n) is 6.20. The monoisotopic (exact) mass is 350 g/mol. The molecular formula is C17H26N4S2. The molecule has 0 aromatic carbocycles. The minimum atomic E-state index is 0.221. The van der Waals surface area contributed by atoms with Gasteiger partial charge in [0.05, 0.1) is 11.3 Å². The number of fused-ring (bicyclic) bond motifs is 1. The topological polar surface area (TPSA) is 51.1 Å². The van der Waals surface area contributed by atoms with Gasteiger partial charge >= 0.3 is 0 Å². The molecular weight excluding hydrogens is 324 g/mol. The molecule has 3 rings (SSSR count). The van der Waals surface area contributed by atoms with E-state index in [1.54, 1.807) is 11.8 Å². The van der Waals surface area contributed by atoms with Crippen molar-refractivity contribution >= 4 is 29.4 Å². The van der Waals surface area contributed by atoms with Gasteiger partial charge in [-0.1, -0.05) is 19.1 Å². The summed E-state index contributed by atoms with van der Waals surface area (Å²) in [6.07, 6.45) is 7.86. The standard InChI is InChI=1S/C17H26N4S2/c1-12-10-16-14(21(6-5-19-2)7-9-23-16)11-13(12)20-17(18)15-4-3-8-22-15/h3,8,10-13,15,19H,4-7,9H2,1-2H3,(H2,18,20). The molecule has 2 heterocycles. The van der Waals surface area contributed by atoms with Gasteiger partial charge < -0.3 is 15.5 Å². The minimum absolute atomic E-state index is 0.221. The summed E-state index contributed by atoms with van der Waals surface area (Å²) >= 11 is 3.72. The molecule has 1 aliphatic carbocycles. The highest BCUT2D eigenvalue weighted by atomic mass is 32.2. The molecule has 2 aliphatic heterocycles. The maximum atomic E-state index is 8.35. The number of nitrogens with one attached hydrogen (secondary N) is 3. The highest BCUT2D eigenvalue weighted by molar-refractivity contribution is 8.03. The molecule has 0 radical (unpaired) electrons. The van der Waals surface area contributed by atoms with Gasteiger partial charge in [-0.15, -0.1) is 23.5 Å². The van der Waals surface area contributed by atoms with E-state index in [2.05, 4.69) is 46.1 Å². The highest BCUT2D eigenvalue weighted by Gasteiger charge is 2.29. The summed E-state index contributed by atoms with van der Waals surface area (Å²) in [6, 6.07) is 0.221. The zero-order valence-corrected chi connectivity index (χ0v) is 15.5. The van der Waals surface area contributed by atoms with Gasteiger partial charge in [-0.25, -0.2) is 0 Å². The molecule has 0 aromatic rings. The van der Waals surface area contributed by atoms with Crippen LogP contribution < -0.4 is 10.6 Å². The second kappa shape index (κ2) is 7.81. The van der Waals surface area contributed by atoms with Crippen LogP contribution in [0.4, 0.5) is 0 Å². The number of nitrogens with zero attached hydrogens (tertiary/aromatic N) is 1. The van der Waals surface area contributed by atoms with Crippen molar-refractivity contribution in [2.45, 2.75) is 24.6 Å². The lowest BCUT2D eigenvalue weighted by Gasteiger charge is -2.38. The lowest BCUT2D eigenvalue weighted by atomic mass is 9.94. The molecule has 23 heavy (non-hydrogen) atoms. The van der Waals surface area contributed by atoms with Crippen LogP contribution in [-0.4, -0.2) is 54.5 Å². The molecule has 1 fully saturated rings. The van der Waals surface area contributed by atoms with E-state index >= 15 is 0 Å². The van der Waals surface area contributed by atoms with Crippen molar-refractivity contribution in [1.29, 1.82) is 5.41 Å². The van der Waals surface area contributed by atoms with Crippen LogP contribution in [-0.2, 0) is 0 Å². The zero-order valence-electron chi connectivity index (χ0n) is 13.8. The predicted molar refractivity (Wildman–Crippen MR) is 103 cm³/mol. The maximum Gasteiger partial charge on any atom is 0.108 e. The maximum absolute atomic E-state index is 8.35. The number of amidine groups is 1. The van der Waals surface area contributed by atoms with Gasteiger partial charge in [0.2, 0.25) is 0 Å². The third kappa shape index (κ3) is 3.98. The van der Waals surface area contributed by atoms with Crippen LogP contribution in [0.3, 0.4) is 0 Å². The van der Waals surface area contributed by atoms with Gasteiger partial charge in [-0.3, -0.25) is 5.41 Å². The minimum Gasteiger partial charge on any atom is -0.369 e. The summed E-state index contributed by atoms with van der Waals surface area (Å²) in [6.45, 7) is 5.40. The first kappa shape index (κ1) is 17.0. The van der Waals surface area contributed by atoms with Gasteiger partial charge in [-0.05, 0) is 30.9 Å². The van der Waals surface area contributed by atoms with E-state index in [9.17, 15) is 0 Å². The highest BCUT2D eigenvalue weighted by Crippen LogP contribution is 2.37. The number of allylic oxidation sites excluding steroid dienone is 1. The normalized spacial score (nSPS) is 29.8. The Labute approximate surface area is 147 Å². The van der Waals surface area contributed by atoms with E-state index in [-0.39, 0.29) is 11.3 Å². The van der Waals surface area contributed by atoms with E-state index in [1.165, 1.54) is 10.6 Å². The first-order valence-electron chi connectivity index (χ1n) is 8.31. The molecule has 3 N–H and O–H groups in total. The summed E-state index contributed by atoms with van der Waals surface area (Å²) in [5.41, 5.74) is 1.36. The molecule has 0 amide bonds. The number of likely N-dealkylation sites (N-methyl/N-ethyl adjacent to an activating group) is 1. The second-order valence-corrected chi connectivity index (χ2v) is 8.45.